The summed E-state index contributed by atoms with van der Waals surface area (Å²) < 4.78 is 0. The molecular formula is C18H32O8Zr. The van der Waals surface area contributed by atoms with Gasteiger partial charge in [0.2, 0.25) is 0 Å². The van der Waals surface area contributed by atoms with Crippen LogP contribution in [0.25, 0.3) is 0 Å². The first kappa shape index (κ1) is 36.9. The number of carbonyl (C=O) groups is 4. The number of Topliss-reactive ketones (excluding diaryl/α,β-unsaturated/α-hetero) is 2. The molecule has 8 nitrogen and oxygen atoms in total. The van der Waals surface area contributed by atoms with Gasteiger partial charge in [0.1, 0.15) is 11.6 Å². The van der Waals surface area contributed by atoms with E-state index in [-0.39, 0.29) is 51.0 Å². The number of hydrogen-bond acceptors (Lipinski definition) is 8. The molecule has 9 heteroatoms. The molecule has 0 aliphatic rings. The van der Waals surface area contributed by atoms with Crippen molar-refractivity contribution in [2.45, 2.75) is 79.1 Å². The van der Waals surface area contributed by atoms with Gasteiger partial charge in [-0.3, -0.25) is 9.59 Å². The van der Waals surface area contributed by atoms with Crippen LogP contribution in [0.4, 0.5) is 0 Å². The van der Waals surface area contributed by atoms with Crippen LogP contribution in [0.1, 0.15) is 79.1 Å². The molecule has 0 rings (SSSR count). The number of rotatable bonds is 10. The molecule has 0 aromatic rings. The van der Waals surface area contributed by atoms with Crippen LogP contribution < -0.4 is 20.4 Å². The molecule has 0 bridgehead atoms. The zero-order valence-corrected chi connectivity index (χ0v) is 19.3. The molecule has 0 spiro atoms. The topological polar surface area (TPSA) is 161 Å². The van der Waals surface area contributed by atoms with Crippen LogP contribution >= 0.6 is 0 Å². The van der Waals surface area contributed by atoms with Crippen molar-refractivity contribution in [3.8, 4) is 0 Å². The van der Waals surface area contributed by atoms with Crippen LogP contribution in [-0.4, -0.2) is 36.7 Å². The number of carbonyl (C=O) groups excluding carboxylic acids is 4. The monoisotopic (exact) mass is 466 g/mol. The van der Waals surface area contributed by atoms with E-state index in [0.717, 1.165) is 12.8 Å². The van der Waals surface area contributed by atoms with Gasteiger partial charge in [-0.15, -0.1) is 13.2 Å². The number of ketones is 2. The van der Waals surface area contributed by atoms with Gasteiger partial charge in [-0.25, -0.2) is 0 Å². The fourth-order valence-corrected chi connectivity index (χ4v) is 1.06. The average Bonchev–Trinajstić information content (AvgIpc) is 2.55. The van der Waals surface area contributed by atoms with Gasteiger partial charge >= 0.3 is 26.2 Å². The van der Waals surface area contributed by atoms with E-state index in [2.05, 4.69) is 0 Å². The predicted octanol–water partition coefficient (Wildman–Crippen LogP) is -1.50. The summed E-state index contributed by atoms with van der Waals surface area (Å²) in [6, 6.07) is 0. The Labute approximate surface area is 181 Å². The van der Waals surface area contributed by atoms with Crippen molar-refractivity contribution in [3.63, 3.8) is 0 Å². The van der Waals surface area contributed by atoms with Crippen molar-refractivity contribution in [1.29, 1.82) is 0 Å². The minimum atomic E-state index is -1.28. The van der Waals surface area contributed by atoms with Crippen LogP contribution in [-0.2, 0) is 45.4 Å². The summed E-state index contributed by atoms with van der Waals surface area (Å²) in [5, 5.41) is 38.1. The Kier molecular flexibility index (Phi) is 44.8. The van der Waals surface area contributed by atoms with Gasteiger partial charge in [-0.05, 0) is 12.8 Å². The largest absolute Gasteiger partial charge is 4.00 e. The molecule has 0 heterocycles. The van der Waals surface area contributed by atoms with Crippen LogP contribution in [0.2, 0.25) is 0 Å². The minimum absolute atomic E-state index is 0. The van der Waals surface area contributed by atoms with E-state index in [4.69, 9.17) is 0 Å². The molecule has 0 aliphatic carbocycles. The predicted molar refractivity (Wildman–Crippen MR) is 89.4 cm³/mol. The van der Waals surface area contributed by atoms with Gasteiger partial charge in [0, 0.05) is 37.6 Å². The van der Waals surface area contributed by atoms with Gasteiger partial charge in [-0.1, -0.05) is 40.5 Å². The van der Waals surface area contributed by atoms with Crippen molar-refractivity contribution in [1.82, 2.24) is 0 Å². The molecule has 0 aliphatic heterocycles. The van der Waals surface area contributed by atoms with E-state index < -0.39 is 24.8 Å². The maximum absolute atomic E-state index is 10.4. The second kappa shape index (κ2) is 32.7. The fraction of sp³-hybridized carbons (Fsp3) is 0.778. The Balaban J connectivity index is -0.0000000843. The third-order valence-electron chi connectivity index (χ3n) is 2.15. The quantitative estimate of drug-likeness (QED) is 0.351. The molecule has 27 heavy (non-hydrogen) atoms. The summed E-state index contributed by atoms with van der Waals surface area (Å²) in [5.41, 5.74) is 0. The Morgan fingerprint density at radius 2 is 0.815 bits per heavy atom. The SMILES string of the molecule is CCCC(=O)CC(=O)[O-].CCCC(=O)CC(=O)[O-].CCC[O-].CCC[O-].[Zr+4]. The second-order valence-corrected chi connectivity index (χ2v) is 5.08. The van der Waals surface area contributed by atoms with E-state index >= 15 is 0 Å². The maximum atomic E-state index is 10.4. The van der Waals surface area contributed by atoms with Gasteiger partial charge in [-0.2, -0.15) is 0 Å². The normalized spacial score (nSPS) is 8.22. The minimum Gasteiger partial charge on any atom is -0.854 e. The molecule has 0 radical (unpaired) electrons. The van der Waals surface area contributed by atoms with Crippen LogP contribution in [0, 0.1) is 0 Å². The van der Waals surface area contributed by atoms with E-state index in [1.807, 2.05) is 27.7 Å². The summed E-state index contributed by atoms with van der Waals surface area (Å²) in [7, 11) is 0. The van der Waals surface area contributed by atoms with Gasteiger partial charge in [0.15, 0.2) is 0 Å². The first-order valence-corrected chi connectivity index (χ1v) is 8.75. The summed E-state index contributed by atoms with van der Waals surface area (Å²) in [6.45, 7) is 7.53. The smallest absolute Gasteiger partial charge is 0.854 e. The molecule has 0 aromatic heterocycles. The van der Waals surface area contributed by atoms with Crippen LogP contribution in [0.5, 0.6) is 0 Å². The first-order valence-electron chi connectivity index (χ1n) is 8.75. The summed E-state index contributed by atoms with van der Waals surface area (Å²) in [6.07, 6.45) is 2.74. The molecule has 0 unspecified atom stereocenters. The van der Waals surface area contributed by atoms with E-state index in [1.54, 1.807) is 0 Å². The van der Waals surface area contributed by atoms with Gasteiger partial charge in [0.05, 0.1) is 0 Å². The second-order valence-electron chi connectivity index (χ2n) is 5.08. The van der Waals surface area contributed by atoms with E-state index in [1.165, 1.54) is 0 Å². The third kappa shape index (κ3) is 58.7. The molecule has 0 atom stereocenters. The number of hydrogen-bond donors (Lipinski definition) is 0. The molecule has 0 fully saturated rings. The third-order valence-corrected chi connectivity index (χ3v) is 2.15. The summed E-state index contributed by atoms with van der Waals surface area (Å²) >= 11 is 0. The standard InChI is InChI=1S/2C6H10O3.2C3H7O.Zr/c2*1-2-3-5(7)4-6(8)9;2*1-2-3-4;/h2*2-4H2,1H3,(H,8,9);2*2-3H2,1H3;/q;;2*-1;+4/p-2. The van der Waals surface area contributed by atoms with Crippen LogP contribution in [0.15, 0.2) is 0 Å². The molecular weight excluding hydrogens is 435 g/mol. The fourth-order valence-electron chi connectivity index (χ4n) is 1.06. The zero-order chi connectivity index (χ0) is 21.4. The van der Waals surface area contributed by atoms with Crippen molar-refractivity contribution in [2.24, 2.45) is 0 Å². The first-order chi connectivity index (χ1) is 12.2. The van der Waals surface area contributed by atoms with E-state index in [9.17, 15) is 39.6 Å². The number of carboxylic acid groups (broad SMARTS) is 2. The van der Waals surface area contributed by atoms with Gasteiger partial charge < -0.3 is 30.0 Å². The van der Waals surface area contributed by atoms with Crippen molar-refractivity contribution >= 4 is 23.5 Å². The average molecular weight is 468 g/mol. The van der Waals surface area contributed by atoms with Gasteiger partial charge in [0.25, 0.3) is 0 Å². The Hall–Kier alpha value is -0.917. The summed E-state index contributed by atoms with van der Waals surface area (Å²) in [4.78, 5) is 40.4. The summed E-state index contributed by atoms with van der Waals surface area (Å²) in [5.74, 6) is -3.07. The molecule has 0 N–H and O–H groups in total. The zero-order valence-electron chi connectivity index (χ0n) is 16.8. The Morgan fingerprint density at radius 3 is 0.926 bits per heavy atom. The molecule has 0 amide bonds. The number of aliphatic carboxylic acids is 2. The Morgan fingerprint density at radius 1 is 0.593 bits per heavy atom. The molecule has 0 aromatic carbocycles. The van der Waals surface area contributed by atoms with E-state index in [0.29, 0.717) is 25.7 Å². The van der Waals surface area contributed by atoms with Crippen molar-refractivity contribution in [2.75, 3.05) is 13.2 Å². The molecule has 0 saturated heterocycles. The molecule has 0 saturated carbocycles. The maximum Gasteiger partial charge on any atom is 4.00 e. The van der Waals surface area contributed by atoms with Crippen molar-refractivity contribution in [3.05, 3.63) is 0 Å². The Bertz CT molecular complexity index is 321. The van der Waals surface area contributed by atoms with Crippen molar-refractivity contribution < 1.29 is 65.8 Å². The van der Waals surface area contributed by atoms with Crippen LogP contribution in [0.3, 0.4) is 0 Å². The number of carboxylic acids is 2. The molecule has 156 valence electrons.